The van der Waals surface area contributed by atoms with Gasteiger partial charge in [-0.1, -0.05) is 6.07 Å². The molecular weight excluding hydrogens is 382 g/mol. The van der Waals surface area contributed by atoms with Gasteiger partial charge in [0.15, 0.2) is 0 Å². The topological polar surface area (TPSA) is 67.4 Å². The van der Waals surface area contributed by atoms with E-state index in [0.29, 0.717) is 4.88 Å². The summed E-state index contributed by atoms with van der Waals surface area (Å²) in [7, 11) is 0. The zero-order valence-corrected chi connectivity index (χ0v) is 13.2. The largest absolute Gasteiger partial charge is 0.435 e. The molecule has 0 radical (unpaired) electrons. The van der Waals surface area contributed by atoms with Crippen LogP contribution in [0, 0.1) is 0 Å². The van der Waals surface area contributed by atoms with Crippen molar-refractivity contribution in [3.8, 4) is 5.75 Å². The van der Waals surface area contributed by atoms with Gasteiger partial charge >= 0.3 is 6.61 Å². The minimum Gasteiger partial charge on any atom is -0.435 e. The molecule has 0 bridgehead atoms. The number of hydrogen-bond donors (Lipinski definition) is 2. The molecule has 1 aromatic heterocycles. The summed E-state index contributed by atoms with van der Waals surface area (Å²) in [5.41, 5.74) is 4.50. The number of halogens is 3. The van der Waals surface area contributed by atoms with Crippen LogP contribution < -0.4 is 15.6 Å². The van der Waals surface area contributed by atoms with E-state index in [-0.39, 0.29) is 11.3 Å². The monoisotopic (exact) mass is 390 g/mol. The van der Waals surface area contributed by atoms with E-state index in [9.17, 15) is 18.4 Å². The molecule has 2 aromatic rings. The van der Waals surface area contributed by atoms with E-state index in [0.717, 1.165) is 9.85 Å². The Kier molecular flexibility index (Phi) is 5.45. The number of hydrogen-bond acceptors (Lipinski definition) is 4. The molecule has 0 saturated heterocycles. The molecule has 2 rings (SSSR count). The number of benzene rings is 1. The number of amides is 2. The third kappa shape index (κ3) is 4.50. The lowest BCUT2D eigenvalue weighted by Gasteiger charge is -2.08. The van der Waals surface area contributed by atoms with E-state index in [1.54, 1.807) is 12.1 Å². The highest BCUT2D eigenvalue weighted by Gasteiger charge is 2.12. The van der Waals surface area contributed by atoms with Gasteiger partial charge in [-0.2, -0.15) is 8.78 Å². The van der Waals surface area contributed by atoms with Crippen LogP contribution in [0.2, 0.25) is 0 Å². The maximum absolute atomic E-state index is 12.1. The Labute approximate surface area is 136 Å². The van der Waals surface area contributed by atoms with Gasteiger partial charge in [-0.05, 0) is 46.3 Å². The second-order valence-electron chi connectivity index (χ2n) is 3.92. The fourth-order valence-electron chi connectivity index (χ4n) is 1.50. The first-order valence-corrected chi connectivity index (χ1v) is 7.47. The number of thiophene rings is 1. The predicted molar refractivity (Wildman–Crippen MR) is 80.0 cm³/mol. The van der Waals surface area contributed by atoms with Crippen LogP contribution in [0.25, 0.3) is 0 Å². The van der Waals surface area contributed by atoms with Crippen molar-refractivity contribution in [2.24, 2.45) is 0 Å². The normalized spacial score (nSPS) is 10.4. The summed E-state index contributed by atoms with van der Waals surface area (Å²) < 4.78 is 29.2. The van der Waals surface area contributed by atoms with Gasteiger partial charge in [0, 0.05) is 5.56 Å². The van der Waals surface area contributed by atoms with E-state index >= 15 is 0 Å². The van der Waals surface area contributed by atoms with Crippen LogP contribution in [0.3, 0.4) is 0 Å². The van der Waals surface area contributed by atoms with E-state index in [1.165, 1.54) is 29.5 Å². The molecule has 9 heteroatoms. The van der Waals surface area contributed by atoms with Crippen LogP contribution in [0.1, 0.15) is 20.0 Å². The fraction of sp³-hybridized carbons (Fsp3) is 0.0769. The van der Waals surface area contributed by atoms with Crippen molar-refractivity contribution in [3.05, 3.63) is 50.6 Å². The van der Waals surface area contributed by atoms with E-state index in [1.807, 2.05) is 0 Å². The predicted octanol–water partition coefficient (Wildman–Crippen LogP) is 3.19. The van der Waals surface area contributed by atoms with Gasteiger partial charge in [0.1, 0.15) is 5.75 Å². The van der Waals surface area contributed by atoms with Gasteiger partial charge in [0.05, 0.1) is 8.66 Å². The van der Waals surface area contributed by atoms with Crippen LogP contribution in [0.15, 0.2) is 40.2 Å². The lowest BCUT2D eigenvalue weighted by atomic mass is 10.2. The van der Waals surface area contributed by atoms with Crippen LogP contribution >= 0.6 is 27.3 Å². The Morgan fingerprint density at radius 3 is 2.50 bits per heavy atom. The van der Waals surface area contributed by atoms with Gasteiger partial charge in [0.2, 0.25) is 0 Å². The Morgan fingerprint density at radius 2 is 1.86 bits per heavy atom. The zero-order valence-electron chi connectivity index (χ0n) is 10.8. The first-order valence-electron chi connectivity index (χ1n) is 5.86. The molecule has 2 amide bonds. The Balaban J connectivity index is 1.96. The average Bonchev–Trinajstić information content (AvgIpc) is 2.90. The number of carbonyl (C=O) groups excluding carboxylic acids is 2. The molecule has 0 spiro atoms. The molecule has 1 heterocycles. The van der Waals surface area contributed by atoms with E-state index < -0.39 is 18.4 Å². The first kappa shape index (κ1) is 16.4. The second-order valence-corrected chi connectivity index (χ2v) is 6.38. The van der Waals surface area contributed by atoms with Gasteiger partial charge in [-0.15, -0.1) is 11.3 Å². The molecule has 1 aromatic carbocycles. The molecule has 2 N–H and O–H groups in total. The van der Waals surface area contributed by atoms with E-state index in [4.69, 9.17) is 0 Å². The highest BCUT2D eigenvalue weighted by atomic mass is 79.9. The number of rotatable bonds is 4. The molecule has 0 fully saturated rings. The second kappa shape index (κ2) is 7.32. The van der Waals surface area contributed by atoms with Gasteiger partial charge < -0.3 is 4.74 Å². The standard InChI is InChI=1S/C13H9BrF2N2O3S/c14-10-5-4-9(22-10)12(20)18-17-11(19)7-2-1-3-8(6-7)21-13(15)16/h1-6,13H,(H,17,19)(H,18,20). The number of hydrazine groups is 1. The van der Waals surface area contributed by atoms with Crippen molar-refractivity contribution < 1.29 is 23.1 Å². The summed E-state index contributed by atoms with van der Waals surface area (Å²) in [5, 5.41) is 0. The van der Waals surface area contributed by atoms with Crippen molar-refractivity contribution in [2.45, 2.75) is 6.61 Å². The van der Waals surface area contributed by atoms with Crippen LogP contribution in [-0.4, -0.2) is 18.4 Å². The minimum absolute atomic E-state index is 0.0748. The van der Waals surface area contributed by atoms with Crippen LogP contribution in [0.5, 0.6) is 5.75 Å². The Bertz CT molecular complexity index is 693. The maximum atomic E-state index is 12.1. The zero-order chi connectivity index (χ0) is 16.1. The average molecular weight is 391 g/mol. The van der Waals surface area contributed by atoms with Gasteiger partial charge in [0.25, 0.3) is 11.8 Å². The maximum Gasteiger partial charge on any atom is 0.387 e. The Morgan fingerprint density at radius 1 is 1.14 bits per heavy atom. The molecule has 5 nitrogen and oxygen atoms in total. The molecule has 0 unspecified atom stereocenters. The Hall–Kier alpha value is -2.00. The number of carbonyl (C=O) groups is 2. The quantitative estimate of drug-likeness (QED) is 0.787. The number of alkyl halides is 2. The number of nitrogens with one attached hydrogen (secondary N) is 2. The summed E-state index contributed by atoms with van der Waals surface area (Å²) >= 11 is 4.42. The van der Waals surface area contributed by atoms with Crippen LogP contribution in [0.4, 0.5) is 8.78 Å². The fourth-order valence-corrected chi connectivity index (χ4v) is 2.78. The molecule has 0 saturated carbocycles. The SMILES string of the molecule is O=C(NNC(=O)c1ccc(Br)s1)c1cccc(OC(F)F)c1. The van der Waals surface area contributed by atoms with Crippen molar-refractivity contribution in [3.63, 3.8) is 0 Å². The summed E-state index contributed by atoms with van der Waals surface area (Å²) in [4.78, 5) is 24.0. The van der Waals surface area contributed by atoms with Gasteiger partial charge in [-0.3, -0.25) is 20.4 Å². The summed E-state index contributed by atoms with van der Waals surface area (Å²) in [6.07, 6.45) is 0. The van der Waals surface area contributed by atoms with Crippen molar-refractivity contribution in [1.29, 1.82) is 0 Å². The third-order valence-electron chi connectivity index (χ3n) is 2.41. The lowest BCUT2D eigenvalue weighted by Crippen LogP contribution is -2.41. The molecule has 22 heavy (non-hydrogen) atoms. The van der Waals surface area contributed by atoms with Crippen LogP contribution in [-0.2, 0) is 0 Å². The molecule has 0 aliphatic heterocycles. The van der Waals surface area contributed by atoms with Crippen molar-refractivity contribution in [1.82, 2.24) is 10.9 Å². The van der Waals surface area contributed by atoms with E-state index in [2.05, 4.69) is 31.5 Å². The lowest BCUT2D eigenvalue weighted by molar-refractivity contribution is -0.0498. The third-order valence-corrected chi connectivity index (χ3v) is 4.03. The summed E-state index contributed by atoms with van der Waals surface area (Å²) in [6.45, 7) is -2.98. The molecular formula is C13H9BrF2N2O3S. The van der Waals surface area contributed by atoms with Crippen molar-refractivity contribution in [2.75, 3.05) is 0 Å². The number of ether oxygens (including phenoxy) is 1. The molecule has 116 valence electrons. The minimum atomic E-state index is -2.98. The molecule has 0 aliphatic carbocycles. The smallest absolute Gasteiger partial charge is 0.387 e. The highest BCUT2D eigenvalue weighted by Crippen LogP contribution is 2.21. The van der Waals surface area contributed by atoms with Gasteiger partial charge in [-0.25, -0.2) is 0 Å². The summed E-state index contributed by atoms with van der Waals surface area (Å²) in [5.74, 6) is -1.27. The summed E-state index contributed by atoms with van der Waals surface area (Å²) in [6, 6.07) is 8.53. The molecule has 0 atom stereocenters. The molecule has 0 aliphatic rings. The first-order chi connectivity index (χ1) is 10.5. The highest BCUT2D eigenvalue weighted by molar-refractivity contribution is 9.11. The van der Waals surface area contributed by atoms with Crippen molar-refractivity contribution >= 4 is 39.1 Å².